The number of nitrogen functional groups attached to an aromatic ring is 1. The van der Waals surface area contributed by atoms with Crippen LogP contribution < -0.4 is 15.8 Å². The number of ether oxygens (including phenoxy) is 1. The van der Waals surface area contributed by atoms with Gasteiger partial charge in [0.1, 0.15) is 17.3 Å². The Balaban J connectivity index is 1.21. The summed E-state index contributed by atoms with van der Waals surface area (Å²) in [4.78, 5) is 23.5. The van der Waals surface area contributed by atoms with Crippen LogP contribution in [0.5, 0.6) is 5.75 Å². The lowest BCUT2D eigenvalue weighted by atomic mass is 9.99. The number of carbonyl (C=O) groups excluding carboxylic acids is 1. The molecule has 212 valence electrons. The van der Waals surface area contributed by atoms with Crippen molar-refractivity contribution in [3.63, 3.8) is 0 Å². The average Bonchev–Trinajstić information content (AvgIpc) is 2.96. The first-order valence-electron chi connectivity index (χ1n) is 13.1. The van der Waals surface area contributed by atoms with Gasteiger partial charge in [-0.15, -0.1) is 0 Å². The molecule has 0 bridgehead atoms. The Hall–Kier alpha value is -4.51. The predicted octanol–water partition coefficient (Wildman–Crippen LogP) is 4.60. The molecule has 8 nitrogen and oxygen atoms in total. The van der Waals surface area contributed by atoms with Crippen LogP contribution in [-0.4, -0.2) is 59.0 Å². The van der Waals surface area contributed by atoms with E-state index in [0.29, 0.717) is 31.3 Å². The monoisotopic (exact) mass is 562 g/mol. The van der Waals surface area contributed by atoms with E-state index in [4.69, 9.17) is 15.9 Å². The second-order valence-corrected chi connectivity index (χ2v) is 10.1. The van der Waals surface area contributed by atoms with Gasteiger partial charge < -0.3 is 15.8 Å². The van der Waals surface area contributed by atoms with Gasteiger partial charge in [0.05, 0.1) is 12.6 Å². The largest absolute Gasteiger partial charge is 0.439 e. The van der Waals surface area contributed by atoms with Crippen LogP contribution in [0.2, 0.25) is 0 Å². The van der Waals surface area contributed by atoms with E-state index < -0.39 is 17.9 Å². The number of dihydropyridines is 1. The summed E-state index contributed by atoms with van der Waals surface area (Å²) in [6.45, 7) is 1.35. The van der Waals surface area contributed by atoms with Gasteiger partial charge in [-0.05, 0) is 59.7 Å². The molecule has 1 atom stereocenters. The molecular weight excluding hydrogens is 533 g/mol. The number of rotatable bonds is 7. The van der Waals surface area contributed by atoms with Crippen LogP contribution in [0.4, 0.5) is 18.9 Å². The second kappa shape index (κ2) is 11.9. The summed E-state index contributed by atoms with van der Waals surface area (Å²) in [5.74, 6) is -2.83. The molecule has 11 heteroatoms. The number of nitrogens with zero attached hydrogens (tertiary/aromatic N) is 3. The third kappa shape index (κ3) is 7.17. The van der Waals surface area contributed by atoms with Gasteiger partial charge in [-0.2, -0.15) is 0 Å². The van der Waals surface area contributed by atoms with Crippen LogP contribution in [0.25, 0.3) is 11.1 Å². The number of halogens is 3. The SMILES string of the molecule is N=C(C(=O)NC1C=CC(Oc2ccc(F)cc2)=NC1)c1cc(-c2cncc(CN3CCC(F)(F)CC3)c2)ccc1N. The summed E-state index contributed by atoms with van der Waals surface area (Å²) in [5, 5.41) is 11.3. The molecule has 1 unspecified atom stereocenters. The second-order valence-electron chi connectivity index (χ2n) is 10.1. The van der Waals surface area contributed by atoms with Crippen LogP contribution in [0, 0.1) is 11.2 Å². The third-order valence-electron chi connectivity index (χ3n) is 6.94. The van der Waals surface area contributed by atoms with Gasteiger partial charge in [0.15, 0.2) is 0 Å². The van der Waals surface area contributed by atoms with Crippen LogP contribution in [0.1, 0.15) is 24.0 Å². The number of piperidine rings is 1. The molecule has 41 heavy (non-hydrogen) atoms. The maximum absolute atomic E-state index is 13.5. The molecule has 2 aliphatic heterocycles. The van der Waals surface area contributed by atoms with Crippen LogP contribution in [0.3, 0.4) is 0 Å². The Morgan fingerprint density at radius 2 is 1.85 bits per heavy atom. The quantitative estimate of drug-likeness (QED) is 0.288. The van der Waals surface area contributed by atoms with Gasteiger partial charge in [-0.3, -0.25) is 20.1 Å². The number of alkyl halides is 2. The molecule has 1 aromatic heterocycles. The van der Waals surface area contributed by atoms with Crippen molar-refractivity contribution in [3.05, 3.63) is 90.0 Å². The Bertz CT molecular complexity index is 1500. The van der Waals surface area contributed by atoms with Crippen LogP contribution in [0.15, 0.2) is 78.1 Å². The normalized spacial score (nSPS) is 18.4. The minimum absolute atomic E-state index is 0.153. The van der Waals surface area contributed by atoms with Crippen molar-refractivity contribution in [2.45, 2.75) is 31.4 Å². The van der Waals surface area contributed by atoms with Crippen molar-refractivity contribution in [1.29, 1.82) is 5.41 Å². The zero-order valence-electron chi connectivity index (χ0n) is 22.1. The first-order valence-corrected chi connectivity index (χ1v) is 13.1. The molecule has 0 spiro atoms. The van der Waals surface area contributed by atoms with Crippen molar-refractivity contribution >= 4 is 23.2 Å². The minimum Gasteiger partial charge on any atom is -0.439 e. The van der Waals surface area contributed by atoms with E-state index >= 15 is 0 Å². The lowest BCUT2D eigenvalue weighted by molar-refractivity contribution is -0.115. The van der Waals surface area contributed by atoms with Gasteiger partial charge in [0.2, 0.25) is 5.90 Å². The number of benzene rings is 2. The summed E-state index contributed by atoms with van der Waals surface area (Å²) in [7, 11) is 0. The third-order valence-corrected chi connectivity index (χ3v) is 6.94. The zero-order valence-corrected chi connectivity index (χ0v) is 22.1. The molecular formula is C30H29F3N6O2. The number of amides is 1. The highest BCUT2D eigenvalue weighted by Gasteiger charge is 2.33. The number of hydrogen-bond donors (Lipinski definition) is 3. The molecule has 4 N–H and O–H groups in total. The minimum atomic E-state index is -2.60. The van der Waals surface area contributed by atoms with E-state index in [2.05, 4.69) is 15.3 Å². The van der Waals surface area contributed by atoms with E-state index in [9.17, 15) is 18.0 Å². The topological polar surface area (TPSA) is 117 Å². The zero-order chi connectivity index (χ0) is 29.0. The summed E-state index contributed by atoms with van der Waals surface area (Å²) >= 11 is 0. The first kappa shape index (κ1) is 28.0. The Morgan fingerprint density at radius 1 is 1.10 bits per heavy atom. The van der Waals surface area contributed by atoms with Gasteiger partial charge in [-0.25, -0.2) is 18.2 Å². The predicted molar refractivity (Wildman–Crippen MR) is 151 cm³/mol. The van der Waals surface area contributed by atoms with Gasteiger partial charge in [-0.1, -0.05) is 12.1 Å². The van der Waals surface area contributed by atoms with Gasteiger partial charge >= 0.3 is 0 Å². The number of aliphatic imine (C=N–C) groups is 1. The van der Waals surface area contributed by atoms with Crippen molar-refractivity contribution in [2.75, 3.05) is 25.4 Å². The number of carbonyl (C=O) groups is 1. The van der Waals surface area contributed by atoms with E-state index in [1.54, 1.807) is 42.7 Å². The highest BCUT2D eigenvalue weighted by atomic mass is 19.3. The molecule has 1 amide bonds. The number of aromatic nitrogens is 1. The van der Waals surface area contributed by atoms with Gasteiger partial charge in [0.25, 0.3) is 11.8 Å². The van der Waals surface area contributed by atoms with Crippen LogP contribution in [-0.2, 0) is 11.3 Å². The van der Waals surface area contributed by atoms with E-state index in [1.165, 1.54) is 24.3 Å². The van der Waals surface area contributed by atoms with Crippen molar-refractivity contribution in [2.24, 2.45) is 4.99 Å². The number of hydrogen-bond acceptors (Lipinski definition) is 7. The first-order chi connectivity index (χ1) is 19.6. The van der Waals surface area contributed by atoms with E-state index in [1.807, 2.05) is 11.0 Å². The van der Waals surface area contributed by atoms with Crippen molar-refractivity contribution in [1.82, 2.24) is 15.2 Å². The fourth-order valence-electron chi connectivity index (χ4n) is 4.63. The molecule has 2 aromatic carbocycles. The Labute approximate surface area is 235 Å². The van der Waals surface area contributed by atoms with Gasteiger partial charge in [0, 0.05) is 61.7 Å². The number of likely N-dealkylation sites (tertiary alicyclic amines) is 1. The molecule has 1 saturated heterocycles. The lowest BCUT2D eigenvalue weighted by Crippen LogP contribution is -2.41. The average molecular weight is 563 g/mol. The smallest absolute Gasteiger partial charge is 0.270 e. The standard InChI is InChI=1S/C30H29F3N6O2/c31-22-2-5-24(6-3-22)41-27-8-4-23(17-37-27)38-29(40)28(35)25-14-20(1-7-26(25)34)21-13-19(15-36-16-21)18-39-11-9-30(32,33)10-12-39/h1-8,13-16,23,35H,9-12,17-18,34H2,(H,38,40). The van der Waals surface area contributed by atoms with Crippen molar-refractivity contribution in [3.8, 4) is 16.9 Å². The molecule has 0 saturated carbocycles. The fourth-order valence-corrected chi connectivity index (χ4v) is 4.63. The fraction of sp³-hybridized carbons (Fsp3) is 0.267. The maximum Gasteiger partial charge on any atom is 0.270 e. The Kier molecular flexibility index (Phi) is 8.16. The molecule has 3 aromatic rings. The lowest BCUT2D eigenvalue weighted by Gasteiger charge is -2.31. The highest BCUT2D eigenvalue weighted by Crippen LogP contribution is 2.29. The molecule has 2 aliphatic rings. The number of nitrogens with one attached hydrogen (secondary N) is 2. The number of anilines is 1. The maximum atomic E-state index is 13.5. The van der Waals surface area contributed by atoms with E-state index in [-0.39, 0.29) is 42.2 Å². The Morgan fingerprint density at radius 3 is 2.56 bits per heavy atom. The summed E-state index contributed by atoms with van der Waals surface area (Å²) in [6, 6.07) is 12.1. The molecule has 3 heterocycles. The number of pyridine rings is 1. The van der Waals surface area contributed by atoms with Crippen molar-refractivity contribution < 1.29 is 22.7 Å². The molecule has 5 rings (SSSR count). The summed E-state index contributed by atoms with van der Waals surface area (Å²) < 4.78 is 45.7. The van der Waals surface area contributed by atoms with Crippen LogP contribution >= 0.6 is 0 Å². The number of nitrogens with two attached hydrogens (primary N) is 1. The van der Waals surface area contributed by atoms with E-state index in [0.717, 1.165) is 16.7 Å². The summed E-state index contributed by atoms with van der Waals surface area (Å²) in [6.07, 6.45) is 6.38. The summed E-state index contributed by atoms with van der Waals surface area (Å²) in [5.41, 5.74) is 8.75. The molecule has 0 aliphatic carbocycles. The molecule has 1 fully saturated rings. The highest BCUT2D eigenvalue weighted by molar-refractivity contribution is 6.45. The molecule has 0 radical (unpaired) electrons.